The summed E-state index contributed by atoms with van der Waals surface area (Å²) in [6.07, 6.45) is 3.83. The number of morpholine rings is 1. The first-order valence-electron chi connectivity index (χ1n) is 11.5. The van der Waals surface area contributed by atoms with Crippen molar-refractivity contribution in [3.63, 3.8) is 0 Å². The third-order valence-corrected chi connectivity index (χ3v) is 6.54. The van der Waals surface area contributed by atoms with E-state index >= 15 is 0 Å². The Balaban J connectivity index is 1.44. The van der Waals surface area contributed by atoms with Crippen LogP contribution in [0.3, 0.4) is 0 Å². The summed E-state index contributed by atoms with van der Waals surface area (Å²) in [6, 6.07) is 11.9. The van der Waals surface area contributed by atoms with Crippen LogP contribution in [0.25, 0.3) is 0 Å². The molecule has 1 aromatic carbocycles. The van der Waals surface area contributed by atoms with Crippen LogP contribution in [0.1, 0.15) is 37.8 Å². The zero-order chi connectivity index (χ0) is 19.9. The number of hydrogen-bond donors (Lipinski definition) is 1. The third-order valence-electron chi connectivity index (χ3n) is 6.54. The van der Waals surface area contributed by atoms with Gasteiger partial charge in [-0.25, -0.2) is 0 Å². The predicted molar refractivity (Wildman–Crippen MR) is 118 cm³/mol. The number of nitrogens with zero attached hydrogens (tertiary/aromatic N) is 4. The highest BCUT2D eigenvalue weighted by Crippen LogP contribution is 2.26. The maximum Gasteiger partial charge on any atom is 0.194 e. The molecule has 29 heavy (non-hydrogen) atoms. The lowest BCUT2D eigenvalue weighted by Gasteiger charge is -2.32. The van der Waals surface area contributed by atoms with E-state index in [0.29, 0.717) is 12.1 Å². The van der Waals surface area contributed by atoms with Gasteiger partial charge in [-0.2, -0.15) is 0 Å². The molecule has 3 aliphatic heterocycles. The molecule has 3 heterocycles. The van der Waals surface area contributed by atoms with Gasteiger partial charge in [0.1, 0.15) is 0 Å². The number of aliphatic imine (C=N–C) groups is 1. The van der Waals surface area contributed by atoms with E-state index in [2.05, 4.69) is 57.3 Å². The van der Waals surface area contributed by atoms with Gasteiger partial charge in [-0.1, -0.05) is 30.3 Å². The molecule has 0 amide bonds. The second-order valence-corrected chi connectivity index (χ2v) is 8.40. The average molecular weight is 400 g/mol. The molecular weight excluding hydrogens is 362 g/mol. The SMILES string of the molecule is CCNC(=NCC(c1ccccc1)N1CCCC1)N1CCC(N2CCOCC2)C1. The smallest absolute Gasteiger partial charge is 0.194 e. The van der Waals surface area contributed by atoms with Crippen molar-refractivity contribution >= 4 is 5.96 Å². The lowest BCUT2D eigenvalue weighted by Crippen LogP contribution is -2.46. The molecule has 0 saturated carbocycles. The molecule has 0 bridgehead atoms. The van der Waals surface area contributed by atoms with E-state index in [9.17, 15) is 0 Å². The Hall–Kier alpha value is -1.63. The van der Waals surface area contributed by atoms with Gasteiger partial charge >= 0.3 is 0 Å². The highest BCUT2D eigenvalue weighted by Gasteiger charge is 2.30. The molecule has 3 fully saturated rings. The quantitative estimate of drug-likeness (QED) is 0.587. The summed E-state index contributed by atoms with van der Waals surface area (Å²) in [6.45, 7) is 12.3. The summed E-state index contributed by atoms with van der Waals surface area (Å²) >= 11 is 0. The van der Waals surface area contributed by atoms with E-state index in [1.54, 1.807) is 0 Å². The highest BCUT2D eigenvalue weighted by molar-refractivity contribution is 5.80. The minimum absolute atomic E-state index is 0.380. The molecule has 0 aromatic heterocycles. The zero-order valence-corrected chi connectivity index (χ0v) is 17.9. The van der Waals surface area contributed by atoms with Crippen LogP contribution in [-0.2, 0) is 4.74 Å². The Morgan fingerprint density at radius 2 is 1.86 bits per heavy atom. The van der Waals surface area contributed by atoms with Gasteiger partial charge in [0.2, 0.25) is 0 Å². The zero-order valence-electron chi connectivity index (χ0n) is 17.9. The number of likely N-dealkylation sites (tertiary alicyclic amines) is 2. The molecule has 3 aliphatic rings. The Labute approximate surface area is 175 Å². The van der Waals surface area contributed by atoms with Crippen LogP contribution < -0.4 is 5.32 Å². The lowest BCUT2D eigenvalue weighted by molar-refractivity contribution is 0.0195. The molecule has 0 aliphatic carbocycles. The van der Waals surface area contributed by atoms with Gasteiger partial charge in [-0.15, -0.1) is 0 Å². The topological polar surface area (TPSA) is 43.3 Å². The van der Waals surface area contributed by atoms with E-state index in [0.717, 1.165) is 58.4 Å². The third kappa shape index (κ3) is 5.30. The molecule has 6 heteroatoms. The van der Waals surface area contributed by atoms with E-state index in [4.69, 9.17) is 9.73 Å². The monoisotopic (exact) mass is 399 g/mol. The average Bonchev–Trinajstić information content (AvgIpc) is 3.47. The number of ether oxygens (including phenoxy) is 1. The van der Waals surface area contributed by atoms with Crippen molar-refractivity contribution in [1.82, 2.24) is 20.0 Å². The van der Waals surface area contributed by atoms with Crippen molar-refractivity contribution < 1.29 is 4.74 Å². The minimum Gasteiger partial charge on any atom is -0.379 e. The number of hydrogen-bond acceptors (Lipinski definition) is 4. The molecular formula is C23H37N5O. The van der Waals surface area contributed by atoms with Crippen LogP contribution in [-0.4, -0.2) is 92.3 Å². The molecule has 4 rings (SSSR count). The van der Waals surface area contributed by atoms with Crippen LogP contribution in [0.4, 0.5) is 0 Å². The van der Waals surface area contributed by atoms with Crippen molar-refractivity contribution in [2.75, 3.05) is 65.6 Å². The second kappa shape index (κ2) is 10.4. The summed E-state index contributed by atoms with van der Waals surface area (Å²) in [5.41, 5.74) is 1.39. The Kier molecular flexibility index (Phi) is 7.41. The van der Waals surface area contributed by atoms with E-state index in [1.165, 1.54) is 37.9 Å². The molecule has 1 aromatic rings. The Bertz CT molecular complexity index is 640. The molecule has 0 radical (unpaired) electrons. The van der Waals surface area contributed by atoms with Crippen LogP contribution in [0.5, 0.6) is 0 Å². The normalized spacial score (nSPS) is 25.5. The van der Waals surface area contributed by atoms with Crippen molar-refractivity contribution in [2.24, 2.45) is 4.99 Å². The standard InChI is InChI=1S/C23H37N5O/c1-2-24-23(28-13-10-21(19-28)26-14-16-29-17-15-26)25-18-22(27-11-6-7-12-27)20-8-4-3-5-9-20/h3-5,8-9,21-22H,2,6-7,10-19H2,1H3,(H,24,25). The van der Waals surface area contributed by atoms with Gasteiger partial charge in [0, 0.05) is 38.8 Å². The fourth-order valence-electron chi connectivity index (χ4n) is 4.93. The highest BCUT2D eigenvalue weighted by atomic mass is 16.5. The molecule has 1 N–H and O–H groups in total. The molecule has 3 saturated heterocycles. The van der Waals surface area contributed by atoms with Gasteiger partial charge in [-0.05, 0) is 44.8 Å². The van der Waals surface area contributed by atoms with Crippen molar-refractivity contribution in [2.45, 2.75) is 38.3 Å². The Morgan fingerprint density at radius 1 is 1.10 bits per heavy atom. The maximum atomic E-state index is 5.53. The van der Waals surface area contributed by atoms with Crippen molar-refractivity contribution in [3.8, 4) is 0 Å². The lowest BCUT2D eigenvalue weighted by atomic mass is 10.1. The second-order valence-electron chi connectivity index (χ2n) is 8.40. The fraction of sp³-hybridized carbons (Fsp3) is 0.696. The van der Waals surface area contributed by atoms with Crippen molar-refractivity contribution in [1.29, 1.82) is 0 Å². The summed E-state index contributed by atoms with van der Waals surface area (Å²) < 4.78 is 5.53. The molecule has 6 nitrogen and oxygen atoms in total. The maximum absolute atomic E-state index is 5.53. The number of nitrogens with one attached hydrogen (secondary N) is 1. The fourth-order valence-corrected chi connectivity index (χ4v) is 4.93. The van der Waals surface area contributed by atoms with Crippen LogP contribution in [0.2, 0.25) is 0 Å². The van der Waals surface area contributed by atoms with Crippen molar-refractivity contribution in [3.05, 3.63) is 35.9 Å². The van der Waals surface area contributed by atoms with Gasteiger partial charge in [0.25, 0.3) is 0 Å². The summed E-state index contributed by atoms with van der Waals surface area (Å²) in [7, 11) is 0. The van der Waals surface area contributed by atoms with Crippen LogP contribution in [0, 0.1) is 0 Å². The minimum atomic E-state index is 0.380. The molecule has 2 unspecified atom stereocenters. The first-order valence-corrected chi connectivity index (χ1v) is 11.5. The molecule has 2 atom stereocenters. The summed E-state index contributed by atoms with van der Waals surface area (Å²) in [4.78, 5) is 12.8. The van der Waals surface area contributed by atoms with E-state index in [-0.39, 0.29) is 0 Å². The van der Waals surface area contributed by atoms with Gasteiger partial charge in [0.05, 0.1) is 25.8 Å². The molecule has 160 valence electrons. The predicted octanol–water partition coefficient (Wildman–Crippen LogP) is 2.20. The van der Waals surface area contributed by atoms with Gasteiger partial charge in [0.15, 0.2) is 5.96 Å². The first-order chi connectivity index (χ1) is 14.3. The van der Waals surface area contributed by atoms with E-state index < -0.39 is 0 Å². The van der Waals surface area contributed by atoms with Crippen LogP contribution in [0.15, 0.2) is 35.3 Å². The Morgan fingerprint density at radius 3 is 2.59 bits per heavy atom. The number of guanidine groups is 1. The number of rotatable bonds is 6. The van der Waals surface area contributed by atoms with Gasteiger partial charge in [-0.3, -0.25) is 14.8 Å². The first kappa shape index (κ1) is 20.6. The largest absolute Gasteiger partial charge is 0.379 e. The molecule has 0 spiro atoms. The van der Waals surface area contributed by atoms with Gasteiger partial charge < -0.3 is 15.0 Å². The van der Waals surface area contributed by atoms with Crippen LogP contribution >= 0.6 is 0 Å². The summed E-state index contributed by atoms with van der Waals surface area (Å²) in [5, 5.41) is 3.56. The summed E-state index contributed by atoms with van der Waals surface area (Å²) in [5.74, 6) is 1.09. The number of benzene rings is 1. The van der Waals surface area contributed by atoms with E-state index in [1.807, 2.05) is 0 Å².